The molecule has 1 aromatic rings. The van der Waals surface area contributed by atoms with E-state index in [9.17, 15) is 4.79 Å². The van der Waals surface area contributed by atoms with Crippen LogP contribution >= 0.6 is 11.8 Å². The van der Waals surface area contributed by atoms with E-state index in [2.05, 4.69) is 4.98 Å². The number of aliphatic hydroxyl groups excluding tert-OH is 1. The van der Waals surface area contributed by atoms with Crippen LogP contribution in [0.1, 0.15) is 38.0 Å². The lowest BCUT2D eigenvalue weighted by atomic mass is 10.2. The molecule has 0 aromatic carbocycles. The smallest absolute Gasteiger partial charge is 0.276 e. The van der Waals surface area contributed by atoms with Gasteiger partial charge in [-0.25, -0.2) is 0 Å². The first kappa shape index (κ1) is 14.6. The first-order valence-electron chi connectivity index (χ1n) is 6.62. The van der Waals surface area contributed by atoms with Crippen molar-refractivity contribution in [1.82, 2.24) is 9.55 Å². The topological polar surface area (TPSA) is 64.3 Å². The summed E-state index contributed by atoms with van der Waals surface area (Å²) in [5, 5.41) is 9.81. The molecule has 0 saturated carbocycles. The Morgan fingerprint density at radius 2 is 2.37 bits per heavy atom. The van der Waals surface area contributed by atoms with Crippen LogP contribution in [0, 0.1) is 0 Å². The molecule has 2 rings (SSSR count). The van der Waals surface area contributed by atoms with Gasteiger partial charge in [-0.05, 0) is 25.5 Å². The summed E-state index contributed by atoms with van der Waals surface area (Å²) in [6.45, 7) is 2.08. The normalized spacial score (nSPS) is 22.9. The van der Waals surface area contributed by atoms with E-state index in [0.29, 0.717) is 5.16 Å². The van der Waals surface area contributed by atoms with E-state index in [0.717, 1.165) is 31.2 Å². The van der Waals surface area contributed by atoms with Crippen molar-refractivity contribution in [2.75, 3.05) is 12.9 Å². The maximum atomic E-state index is 11.9. The van der Waals surface area contributed by atoms with Crippen molar-refractivity contribution in [1.29, 1.82) is 0 Å². The Labute approximate surface area is 117 Å². The van der Waals surface area contributed by atoms with Crippen molar-refractivity contribution in [3.63, 3.8) is 0 Å². The predicted octanol–water partition coefficient (Wildman–Crippen LogP) is 1.59. The van der Waals surface area contributed by atoms with E-state index in [1.54, 1.807) is 0 Å². The van der Waals surface area contributed by atoms with Gasteiger partial charge in [0, 0.05) is 11.8 Å². The van der Waals surface area contributed by atoms with E-state index in [1.165, 1.54) is 11.8 Å². The summed E-state index contributed by atoms with van der Waals surface area (Å²) < 4.78 is 7.71. The van der Waals surface area contributed by atoms with Gasteiger partial charge in [-0.15, -0.1) is 0 Å². The molecule has 6 heteroatoms. The fraction of sp³-hybridized carbons (Fsp3) is 0.692. The van der Waals surface area contributed by atoms with E-state index < -0.39 is 0 Å². The maximum Gasteiger partial charge on any atom is 0.276 e. The first-order chi connectivity index (χ1) is 9.19. The van der Waals surface area contributed by atoms with Crippen LogP contribution in [0.15, 0.2) is 16.1 Å². The molecular formula is C13H20N2O3S. The molecule has 0 amide bonds. The van der Waals surface area contributed by atoms with E-state index in [4.69, 9.17) is 9.84 Å². The fourth-order valence-electron chi connectivity index (χ4n) is 2.32. The Balaban J connectivity index is 2.32. The molecule has 1 N–H and O–H groups in total. The van der Waals surface area contributed by atoms with Crippen LogP contribution in [0.25, 0.3) is 0 Å². The summed E-state index contributed by atoms with van der Waals surface area (Å²) in [4.78, 5) is 16.0. The van der Waals surface area contributed by atoms with Crippen molar-refractivity contribution in [3.05, 3.63) is 22.1 Å². The molecule has 0 aliphatic carbocycles. The molecular weight excluding hydrogens is 264 g/mol. The summed E-state index contributed by atoms with van der Waals surface area (Å²) in [7, 11) is 0. The lowest BCUT2D eigenvalue weighted by Crippen LogP contribution is -2.22. The van der Waals surface area contributed by atoms with Gasteiger partial charge in [-0.1, -0.05) is 25.1 Å². The third-order valence-corrected chi connectivity index (χ3v) is 3.96. The summed E-state index contributed by atoms with van der Waals surface area (Å²) in [5.41, 5.74) is 0.593. The monoisotopic (exact) mass is 284 g/mol. The van der Waals surface area contributed by atoms with E-state index in [-0.39, 0.29) is 24.5 Å². The third-order valence-electron chi connectivity index (χ3n) is 3.29. The van der Waals surface area contributed by atoms with Gasteiger partial charge in [0.1, 0.15) is 6.23 Å². The molecule has 5 nitrogen and oxygen atoms in total. The van der Waals surface area contributed by atoms with Crippen LogP contribution in [-0.4, -0.2) is 33.6 Å². The van der Waals surface area contributed by atoms with E-state index in [1.807, 2.05) is 23.9 Å². The van der Waals surface area contributed by atoms with Gasteiger partial charge >= 0.3 is 0 Å². The molecule has 1 saturated heterocycles. The zero-order valence-corrected chi connectivity index (χ0v) is 12.2. The van der Waals surface area contributed by atoms with Gasteiger partial charge in [0.05, 0.1) is 12.7 Å². The lowest BCUT2D eigenvalue weighted by molar-refractivity contribution is -0.0274. The second kappa shape index (κ2) is 6.54. The number of hydrogen-bond acceptors (Lipinski definition) is 5. The summed E-state index contributed by atoms with van der Waals surface area (Å²) in [6.07, 6.45) is 6.87. The zero-order valence-electron chi connectivity index (χ0n) is 11.3. The predicted molar refractivity (Wildman–Crippen MR) is 74.5 cm³/mol. The van der Waals surface area contributed by atoms with Gasteiger partial charge in [-0.2, -0.15) is 4.98 Å². The number of nitrogens with zero attached hydrogens (tertiary/aromatic N) is 2. The molecule has 1 aliphatic heterocycles. The molecule has 1 aromatic heterocycles. The van der Waals surface area contributed by atoms with Gasteiger partial charge in [0.15, 0.2) is 5.16 Å². The molecule has 0 unspecified atom stereocenters. The van der Waals surface area contributed by atoms with E-state index >= 15 is 0 Å². The number of aromatic nitrogens is 2. The van der Waals surface area contributed by atoms with Crippen LogP contribution < -0.4 is 5.56 Å². The molecule has 0 spiro atoms. The molecule has 106 valence electrons. The largest absolute Gasteiger partial charge is 0.394 e. The third kappa shape index (κ3) is 3.19. The molecule has 1 fully saturated rings. The number of ether oxygens (including phenoxy) is 1. The number of aryl methyl sites for hydroxylation is 1. The first-order valence-corrected chi connectivity index (χ1v) is 7.84. The summed E-state index contributed by atoms with van der Waals surface area (Å²) in [6, 6.07) is 0. The second-order valence-corrected chi connectivity index (χ2v) is 5.46. The quantitative estimate of drug-likeness (QED) is 0.657. The molecule has 0 bridgehead atoms. The average molecular weight is 284 g/mol. The Morgan fingerprint density at radius 3 is 2.95 bits per heavy atom. The van der Waals surface area contributed by atoms with Crippen LogP contribution in [-0.2, 0) is 11.2 Å². The van der Waals surface area contributed by atoms with Crippen molar-refractivity contribution in [2.24, 2.45) is 0 Å². The number of hydrogen-bond donors (Lipinski definition) is 1. The van der Waals surface area contributed by atoms with Gasteiger partial charge in [-0.3, -0.25) is 4.79 Å². The molecule has 19 heavy (non-hydrogen) atoms. The molecule has 2 atom stereocenters. The highest BCUT2D eigenvalue weighted by Crippen LogP contribution is 2.30. The number of aliphatic hydroxyl groups is 1. The minimum Gasteiger partial charge on any atom is -0.394 e. The molecule has 2 heterocycles. The SMILES string of the molecule is CCCc1cn([C@H]2CC[C@@H](CO)O2)c(SC)nc1=O. The maximum absolute atomic E-state index is 11.9. The standard InChI is InChI=1S/C13H20N2O3S/c1-3-4-9-7-15(13(19-2)14-12(9)17)11-6-5-10(8-16)18-11/h7,10-11,16H,3-6,8H2,1-2H3/t10-,11+/m0/s1. The zero-order chi connectivity index (χ0) is 13.8. The van der Waals surface area contributed by atoms with Crippen LogP contribution in [0.2, 0.25) is 0 Å². The van der Waals surface area contributed by atoms with Crippen LogP contribution in [0.5, 0.6) is 0 Å². The van der Waals surface area contributed by atoms with Gasteiger partial charge < -0.3 is 14.4 Å². The Hall–Kier alpha value is -0.850. The Morgan fingerprint density at radius 1 is 1.58 bits per heavy atom. The van der Waals surface area contributed by atoms with Crippen molar-refractivity contribution in [3.8, 4) is 0 Å². The minimum atomic E-state index is -0.140. The minimum absolute atomic E-state index is 0.0422. The van der Waals surface area contributed by atoms with Crippen molar-refractivity contribution >= 4 is 11.8 Å². The molecule has 0 radical (unpaired) electrons. The van der Waals surface area contributed by atoms with Crippen LogP contribution in [0.4, 0.5) is 0 Å². The second-order valence-electron chi connectivity index (χ2n) is 4.69. The Kier molecular flexibility index (Phi) is 5.01. The van der Waals surface area contributed by atoms with Gasteiger partial charge in [0.2, 0.25) is 0 Å². The Bertz CT molecular complexity index is 489. The highest BCUT2D eigenvalue weighted by Gasteiger charge is 2.27. The van der Waals surface area contributed by atoms with Crippen molar-refractivity contribution < 1.29 is 9.84 Å². The number of rotatable bonds is 5. The summed E-state index contributed by atoms with van der Waals surface area (Å²) >= 11 is 1.44. The fourth-order valence-corrected chi connectivity index (χ4v) is 2.87. The number of thioether (sulfide) groups is 1. The van der Waals surface area contributed by atoms with Crippen LogP contribution in [0.3, 0.4) is 0 Å². The highest BCUT2D eigenvalue weighted by atomic mass is 32.2. The molecule has 1 aliphatic rings. The highest BCUT2D eigenvalue weighted by molar-refractivity contribution is 7.98. The summed E-state index contributed by atoms with van der Waals surface area (Å²) in [5.74, 6) is 0. The average Bonchev–Trinajstić information content (AvgIpc) is 2.89. The lowest BCUT2D eigenvalue weighted by Gasteiger charge is -2.19. The van der Waals surface area contributed by atoms with Crippen molar-refractivity contribution in [2.45, 2.75) is 50.1 Å². The van der Waals surface area contributed by atoms with Gasteiger partial charge in [0.25, 0.3) is 5.56 Å².